The van der Waals surface area contributed by atoms with Crippen molar-refractivity contribution in [3.8, 4) is 0 Å². The van der Waals surface area contributed by atoms with Crippen molar-refractivity contribution in [2.24, 2.45) is 0 Å². The molecule has 412 valence electrons. The lowest BCUT2D eigenvalue weighted by Gasteiger charge is -2.19. The standard InChI is InChI=1S/C64H121NO5/c1-3-5-7-9-11-13-15-17-19-20-21-22-23-24-25-26-27-28-30-32-36-40-44-48-52-56-62(67)61(60-66)65-63(68)57-53-49-45-41-37-33-31-35-39-43-47-51-55-59-70-64(69)58-54-50-46-42-38-34-29-18-16-14-12-10-8-6-4-2/h33,37,45,49,52,56,61-62,66-67H,3-32,34-36,38-44,46-48,50-51,53-55,57-60H2,1-2H3,(H,65,68)/b37-33-,49-45-,56-52+. The van der Waals surface area contributed by atoms with Gasteiger partial charge in [-0.2, -0.15) is 0 Å². The molecule has 0 aliphatic heterocycles. The van der Waals surface area contributed by atoms with Gasteiger partial charge >= 0.3 is 5.97 Å². The van der Waals surface area contributed by atoms with Crippen LogP contribution in [0.25, 0.3) is 0 Å². The van der Waals surface area contributed by atoms with E-state index in [0.29, 0.717) is 25.9 Å². The van der Waals surface area contributed by atoms with Gasteiger partial charge in [-0.3, -0.25) is 9.59 Å². The SMILES string of the molecule is CCCCCCCCCCCCCCCCCCCCCCCCC/C=C/C(O)C(CO)NC(=O)CC/C=C\C/C=C\CCCCCCCCOC(=O)CCCCCCCCCCCCCCCCC. The van der Waals surface area contributed by atoms with E-state index >= 15 is 0 Å². The molecule has 0 rings (SSSR count). The Hall–Kier alpha value is -1.92. The Balaban J connectivity index is 3.55. The minimum atomic E-state index is -0.881. The fourth-order valence-electron chi connectivity index (χ4n) is 9.63. The number of nitrogens with one attached hydrogen (secondary N) is 1. The quantitative estimate of drug-likeness (QED) is 0.0321. The molecule has 0 aromatic rings. The Morgan fingerprint density at radius 1 is 0.400 bits per heavy atom. The van der Waals surface area contributed by atoms with Crippen molar-refractivity contribution in [1.82, 2.24) is 5.32 Å². The van der Waals surface area contributed by atoms with E-state index in [9.17, 15) is 19.8 Å². The topological polar surface area (TPSA) is 95.9 Å². The lowest BCUT2D eigenvalue weighted by molar-refractivity contribution is -0.143. The van der Waals surface area contributed by atoms with Crippen LogP contribution in [0.1, 0.15) is 335 Å². The van der Waals surface area contributed by atoms with Crippen molar-refractivity contribution in [2.75, 3.05) is 13.2 Å². The summed E-state index contributed by atoms with van der Waals surface area (Å²) in [4.78, 5) is 24.5. The molecule has 0 saturated carbocycles. The molecule has 0 aromatic heterocycles. The van der Waals surface area contributed by atoms with Gasteiger partial charge in [0.15, 0.2) is 0 Å². The maximum absolute atomic E-state index is 12.5. The second-order valence-electron chi connectivity index (χ2n) is 21.4. The molecule has 6 nitrogen and oxygen atoms in total. The second kappa shape index (κ2) is 59.6. The highest BCUT2D eigenvalue weighted by molar-refractivity contribution is 5.76. The van der Waals surface area contributed by atoms with Gasteiger partial charge in [0.25, 0.3) is 0 Å². The first-order valence-electron chi connectivity index (χ1n) is 31.3. The van der Waals surface area contributed by atoms with Crippen molar-refractivity contribution in [1.29, 1.82) is 0 Å². The van der Waals surface area contributed by atoms with E-state index in [1.165, 1.54) is 250 Å². The molecule has 2 atom stereocenters. The van der Waals surface area contributed by atoms with Gasteiger partial charge in [0.2, 0.25) is 5.91 Å². The maximum Gasteiger partial charge on any atom is 0.305 e. The third-order valence-electron chi connectivity index (χ3n) is 14.4. The summed E-state index contributed by atoms with van der Waals surface area (Å²) in [6.45, 7) is 4.87. The number of hydrogen-bond acceptors (Lipinski definition) is 5. The molecule has 0 saturated heterocycles. The highest BCUT2D eigenvalue weighted by Gasteiger charge is 2.17. The van der Waals surface area contributed by atoms with Crippen molar-refractivity contribution < 1.29 is 24.5 Å². The van der Waals surface area contributed by atoms with Crippen LogP contribution in [0.5, 0.6) is 0 Å². The van der Waals surface area contributed by atoms with Crippen LogP contribution in [0.2, 0.25) is 0 Å². The lowest BCUT2D eigenvalue weighted by atomic mass is 10.0. The smallest absolute Gasteiger partial charge is 0.305 e. The zero-order valence-electron chi connectivity index (χ0n) is 47.0. The molecule has 70 heavy (non-hydrogen) atoms. The van der Waals surface area contributed by atoms with E-state index in [0.717, 1.165) is 51.4 Å². The number of aliphatic hydroxyl groups excluding tert-OH is 2. The van der Waals surface area contributed by atoms with Gasteiger partial charge in [-0.1, -0.05) is 307 Å². The van der Waals surface area contributed by atoms with Crippen molar-refractivity contribution in [2.45, 2.75) is 347 Å². The first-order valence-corrected chi connectivity index (χ1v) is 31.3. The number of amides is 1. The molecule has 3 N–H and O–H groups in total. The summed E-state index contributed by atoms with van der Waals surface area (Å²) in [6, 6.07) is -0.673. The zero-order valence-corrected chi connectivity index (χ0v) is 47.0. The predicted molar refractivity (Wildman–Crippen MR) is 306 cm³/mol. The molecular formula is C64H121NO5. The Morgan fingerprint density at radius 3 is 1.11 bits per heavy atom. The molecule has 0 radical (unpaired) electrons. The van der Waals surface area contributed by atoms with Gasteiger partial charge in [0.1, 0.15) is 0 Å². The maximum atomic E-state index is 12.5. The fourth-order valence-corrected chi connectivity index (χ4v) is 9.63. The van der Waals surface area contributed by atoms with Crippen LogP contribution >= 0.6 is 0 Å². The summed E-state index contributed by atoms with van der Waals surface area (Å²) in [5.74, 6) is -0.160. The first-order chi connectivity index (χ1) is 34.5. The molecule has 2 unspecified atom stereocenters. The van der Waals surface area contributed by atoms with Crippen molar-refractivity contribution in [3.05, 3.63) is 36.5 Å². The van der Waals surface area contributed by atoms with E-state index < -0.39 is 12.1 Å². The van der Waals surface area contributed by atoms with Gasteiger partial charge in [0, 0.05) is 12.8 Å². The number of rotatable bonds is 58. The molecule has 0 heterocycles. The summed E-state index contributed by atoms with van der Waals surface area (Å²) in [7, 11) is 0. The van der Waals surface area contributed by atoms with E-state index in [1.54, 1.807) is 6.08 Å². The van der Waals surface area contributed by atoms with Crippen LogP contribution in [0, 0.1) is 0 Å². The van der Waals surface area contributed by atoms with E-state index in [-0.39, 0.29) is 18.5 Å². The number of carbonyl (C=O) groups is 2. The molecule has 0 aliphatic rings. The Morgan fingerprint density at radius 2 is 0.729 bits per heavy atom. The summed E-state index contributed by atoms with van der Waals surface area (Å²) in [5, 5.41) is 23.1. The summed E-state index contributed by atoms with van der Waals surface area (Å²) in [6.07, 6.45) is 74.8. The van der Waals surface area contributed by atoms with Crippen LogP contribution < -0.4 is 5.32 Å². The van der Waals surface area contributed by atoms with Crippen LogP contribution in [0.4, 0.5) is 0 Å². The second-order valence-corrected chi connectivity index (χ2v) is 21.4. The van der Waals surface area contributed by atoms with Gasteiger partial charge in [-0.25, -0.2) is 0 Å². The molecule has 0 spiro atoms. The molecule has 0 aliphatic carbocycles. The van der Waals surface area contributed by atoms with Crippen LogP contribution in [-0.2, 0) is 14.3 Å². The molecule has 0 aromatic carbocycles. The Bertz CT molecular complexity index is 1130. The normalized spacial score (nSPS) is 12.8. The number of ether oxygens (including phenoxy) is 1. The highest BCUT2D eigenvalue weighted by atomic mass is 16.5. The number of esters is 1. The minimum Gasteiger partial charge on any atom is -0.466 e. The molecular weight excluding hydrogens is 863 g/mol. The van der Waals surface area contributed by atoms with E-state index in [2.05, 4.69) is 37.4 Å². The third-order valence-corrected chi connectivity index (χ3v) is 14.4. The van der Waals surface area contributed by atoms with Gasteiger partial charge in [0.05, 0.1) is 25.4 Å². The summed E-state index contributed by atoms with van der Waals surface area (Å²) in [5.41, 5.74) is 0. The first kappa shape index (κ1) is 68.1. The molecule has 1 amide bonds. The number of hydrogen-bond donors (Lipinski definition) is 3. The molecule has 6 heteroatoms. The fraction of sp³-hybridized carbons (Fsp3) is 0.875. The van der Waals surface area contributed by atoms with Gasteiger partial charge in [-0.15, -0.1) is 0 Å². The minimum absolute atomic E-state index is 0.0150. The van der Waals surface area contributed by atoms with Crippen LogP contribution in [0.3, 0.4) is 0 Å². The Labute approximate surface area is 436 Å². The van der Waals surface area contributed by atoms with Crippen LogP contribution in [-0.4, -0.2) is 47.4 Å². The molecule has 0 bridgehead atoms. The number of allylic oxidation sites excluding steroid dienone is 5. The van der Waals surface area contributed by atoms with Crippen molar-refractivity contribution in [3.63, 3.8) is 0 Å². The van der Waals surface area contributed by atoms with Gasteiger partial charge in [-0.05, 0) is 51.4 Å². The largest absolute Gasteiger partial charge is 0.466 e. The van der Waals surface area contributed by atoms with E-state index in [1.807, 2.05) is 12.2 Å². The van der Waals surface area contributed by atoms with E-state index in [4.69, 9.17) is 4.74 Å². The zero-order chi connectivity index (χ0) is 50.7. The number of unbranched alkanes of at least 4 members (excludes halogenated alkanes) is 43. The number of aliphatic hydroxyl groups is 2. The van der Waals surface area contributed by atoms with Crippen LogP contribution in [0.15, 0.2) is 36.5 Å². The van der Waals surface area contributed by atoms with Crippen molar-refractivity contribution >= 4 is 11.9 Å². The highest BCUT2D eigenvalue weighted by Crippen LogP contribution is 2.18. The summed E-state index contributed by atoms with van der Waals surface area (Å²) >= 11 is 0. The average molecular weight is 985 g/mol. The Kier molecular flexibility index (Phi) is 58.0. The monoisotopic (exact) mass is 984 g/mol. The number of carbonyl (C=O) groups excluding carboxylic acids is 2. The summed E-state index contributed by atoms with van der Waals surface area (Å²) < 4.78 is 5.47. The predicted octanol–water partition coefficient (Wildman–Crippen LogP) is 19.6. The molecule has 0 fully saturated rings. The average Bonchev–Trinajstić information content (AvgIpc) is 3.36. The van der Waals surface area contributed by atoms with Gasteiger partial charge < -0.3 is 20.3 Å². The lowest BCUT2D eigenvalue weighted by Crippen LogP contribution is -2.45. The third kappa shape index (κ3) is 55.4.